The van der Waals surface area contributed by atoms with Crippen molar-refractivity contribution in [3.05, 3.63) is 6.42 Å². The van der Waals surface area contributed by atoms with E-state index >= 15 is 0 Å². The molecule has 0 atom stereocenters. The Balaban J connectivity index is -0.000000837. The summed E-state index contributed by atoms with van der Waals surface area (Å²) in [5.74, 6) is -2.87. The van der Waals surface area contributed by atoms with E-state index in [0.29, 0.717) is 0 Å². The number of carboxylic acids is 2. The molecule has 0 amide bonds. The fourth-order valence-corrected chi connectivity index (χ4v) is 3.14. The van der Waals surface area contributed by atoms with E-state index in [0.717, 1.165) is 5.92 Å². The van der Waals surface area contributed by atoms with E-state index in [-0.39, 0.29) is 29.6 Å². The average Bonchev–Trinajstić information content (AvgIpc) is 2.64. The second-order valence-corrected chi connectivity index (χ2v) is 8.18. The zero-order chi connectivity index (χ0) is 21.5. The van der Waals surface area contributed by atoms with Crippen LogP contribution in [-0.4, -0.2) is 22.2 Å². The van der Waals surface area contributed by atoms with Crippen molar-refractivity contribution >= 4 is 11.9 Å². The van der Waals surface area contributed by atoms with Gasteiger partial charge >= 0.3 is 41.5 Å². The van der Waals surface area contributed by atoms with Crippen molar-refractivity contribution < 1.29 is 49.4 Å². The van der Waals surface area contributed by atoms with Crippen molar-refractivity contribution in [2.45, 2.75) is 130 Å². The van der Waals surface area contributed by atoms with Crippen LogP contribution >= 0.6 is 0 Å². The van der Waals surface area contributed by atoms with E-state index in [1.807, 2.05) is 0 Å². The van der Waals surface area contributed by atoms with Gasteiger partial charge in [0.25, 0.3) is 0 Å². The van der Waals surface area contributed by atoms with E-state index < -0.39 is 11.9 Å². The number of aliphatic carboxylic acids is 2. The van der Waals surface area contributed by atoms with Gasteiger partial charge in [-0.25, -0.2) is 9.59 Å². The monoisotopic (exact) mass is 422 g/mol. The molecule has 0 spiro atoms. The number of hydrogen-bond donors (Lipinski definition) is 2. The van der Waals surface area contributed by atoms with Crippen LogP contribution in [0.1, 0.15) is 130 Å². The number of rotatable bonds is 18. The smallest absolute Gasteiger partial charge is 0.473 e. The second-order valence-electron chi connectivity index (χ2n) is 8.18. The summed E-state index contributed by atoms with van der Waals surface area (Å²) in [4.78, 5) is 18.2. The van der Waals surface area contributed by atoms with Gasteiger partial charge in [0, 0.05) is 0 Å². The molecule has 0 aromatic rings. The summed E-state index contributed by atoms with van der Waals surface area (Å²) in [5.41, 5.74) is 0. The maximum atomic E-state index is 9.10. The molecule has 5 heteroatoms. The number of carboxylic acid groups (broad SMARTS) is 2. The SMILES string of the molecule is CCCCCCCCCCCCCCCCCC[CH-]C(C)C.O=C(O)C(=O)O.[Na+]. The van der Waals surface area contributed by atoms with Crippen molar-refractivity contribution in [1.29, 1.82) is 0 Å². The first-order valence-corrected chi connectivity index (χ1v) is 11.7. The van der Waals surface area contributed by atoms with Gasteiger partial charge in [-0.15, -0.1) is 0 Å². The molecule has 0 aromatic heterocycles. The average molecular weight is 423 g/mol. The molecule has 0 aliphatic carbocycles. The molecule has 4 nitrogen and oxygen atoms in total. The zero-order valence-electron chi connectivity index (χ0n) is 19.9. The molecule has 0 aliphatic rings. The number of unbranched alkanes of at least 4 members (excludes halogenated alkanes) is 16. The van der Waals surface area contributed by atoms with Crippen LogP contribution in [0.3, 0.4) is 0 Å². The molecule has 0 saturated carbocycles. The molecular formula is C24H47NaO4. The van der Waals surface area contributed by atoms with Crippen molar-refractivity contribution in [2.24, 2.45) is 5.92 Å². The van der Waals surface area contributed by atoms with Crippen LogP contribution < -0.4 is 29.6 Å². The van der Waals surface area contributed by atoms with E-state index in [4.69, 9.17) is 19.8 Å². The van der Waals surface area contributed by atoms with Crippen LogP contribution in [0.15, 0.2) is 0 Å². The Labute approximate surface area is 202 Å². The Bertz CT molecular complexity index is 334. The molecule has 0 heterocycles. The largest absolute Gasteiger partial charge is 1.00 e. The van der Waals surface area contributed by atoms with Gasteiger partial charge in [0.1, 0.15) is 0 Å². The Morgan fingerprint density at radius 3 is 1.14 bits per heavy atom. The summed E-state index contributed by atoms with van der Waals surface area (Å²) in [7, 11) is 0. The van der Waals surface area contributed by atoms with E-state index in [1.165, 1.54) is 109 Å². The van der Waals surface area contributed by atoms with Crippen LogP contribution in [0.25, 0.3) is 0 Å². The normalized spacial score (nSPS) is 10.2. The molecule has 0 aliphatic heterocycles. The second kappa shape index (κ2) is 27.9. The van der Waals surface area contributed by atoms with Crippen LogP contribution in [0.4, 0.5) is 0 Å². The van der Waals surface area contributed by atoms with Gasteiger partial charge in [-0.3, -0.25) is 0 Å². The van der Waals surface area contributed by atoms with Crippen LogP contribution in [0, 0.1) is 12.3 Å². The quantitative estimate of drug-likeness (QED) is 0.146. The third-order valence-corrected chi connectivity index (χ3v) is 4.88. The summed E-state index contributed by atoms with van der Waals surface area (Å²) >= 11 is 0. The fourth-order valence-electron chi connectivity index (χ4n) is 3.14. The minimum atomic E-state index is -1.82. The van der Waals surface area contributed by atoms with Crippen molar-refractivity contribution in [3.63, 3.8) is 0 Å². The number of hydrogen-bond acceptors (Lipinski definition) is 2. The first-order valence-electron chi connectivity index (χ1n) is 11.7. The Kier molecular flexibility index (Phi) is 32.3. The Morgan fingerprint density at radius 2 is 0.897 bits per heavy atom. The topological polar surface area (TPSA) is 74.6 Å². The van der Waals surface area contributed by atoms with E-state index in [1.54, 1.807) is 0 Å². The van der Waals surface area contributed by atoms with Gasteiger partial charge < -0.3 is 16.6 Å². The molecular weight excluding hydrogens is 375 g/mol. The van der Waals surface area contributed by atoms with Gasteiger partial charge in [0.15, 0.2) is 0 Å². The standard InChI is InChI=1S/C22H45.C2H2O4.Na/c1-4-5-6-7-8-9-10-11-12-13-14-15-16-17-18-19-20-21-22(2)3;3-1(4)2(5)6;/h21-22H,4-20H2,1-3H3;(H,3,4)(H,5,6);/q-1;;+1. The number of carbonyl (C=O) groups is 2. The van der Waals surface area contributed by atoms with Gasteiger partial charge in [-0.1, -0.05) is 124 Å². The Morgan fingerprint density at radius 1 is 0.621 bits per heavy atom. The minimum Gasteiger partial charge on any atom is -0.473 e. The maximum Gasteiger partial charge on any atom is 1.00 e. The molecule has 0 aromatic carbocycles. The molecule has 2 N–H and O–H groups in total. The minimum absolute atomic E-state index is 0. The van der Waals surface area contributed by atoms with Crippen LogP contribution in [0.5, 0.6) is 0 Å². The summed E-state index contributed by atoms with van der Waals surface area (Å²) in [5, 5.41) is 14.8. The first kappa shape index (κ1) is 33.6. The molecule has 0 unspecified atom stereocenters. The van der Waals surface area contributed by atoms with E-state index in [2.05, 4.69) is 27.2 Å². The summed E-state index contributed by atoms with van der Waals surface area (Å²) in [6.07, 6.45) is 27.2. The predicted octanol–water partition coefficient (Wildman–Crippen LogP) is 4.66. The fraction of sp³-hybridized carbons (Fsp3) is 0.875. The molecule has 0 bridgehead atoms. The Hall–Kier alpha value is -0.0600. The third kappa shape index (κ3) is 35.7. The molecule has 0 saturated heterocycles. The molecule has 29 heavy (non-hydrogen) atoms. The first-order chi connectivity index (χ1) is 13.4. The van der Waals surface area contributed by atoms with Gasteiger partial charge in [-0.05, 0) is 0 Å². The van der Waals surface area contributed by atoms with Crippen molar-refractivity contribution in [1.82, 2.24) is 0 Å². The van der Waals surface area contributed by atoms with Crippen molar-refractivity contribution in [3.8, 4) is 0 Å². The third-order valence-electron chi connectivity index (χ3n) is 4.88. The summed E-state index contributed by atoms with van der Waals surface area (Å²) < 4.78 is 0. The summed E-state index contributed by atoms with van der Waals surface area (Å²) in [6.45, 7) is 6.87. The van der Waals surface area contributed by atoms with Crippen molar-refractivity contribution in [2.75, 3.05) is 0 Å². The zero-order valence-corrected chi connectivity index (χ0v) is 21.9. The van der Waals surface area contributed by atoms with Gasteiger partial charge in [-0.2, -0.15) is 12.3 Å². The molecule has 0 rings (SSSR count). The van der Waals surface area contributed by atoms with Gasteiger partial charge in [0.05, 0.1) is 0 Å². The maximum absolute atomic E-state index is 9.10. The summed E-state index contributed by atoms with van der Waals surface area (Å²) in [6, 6.07) is 0. The van der Waals surface area contributed by atoms with Crippen LogP contribution in [0.2, 0.25) is 0 Å². The van der Waals surface area contributed by atoms with Gasteiger partial charge in [0.2, 0.25) is 0 Å². The van der Waals surface area contributed by atoms with Crippen LogP contribution in [-0.2, 0) is 9.59 Å². The van der Waals surface area contributed by atoms with E-state index in [9.17, 15) is 0 Å². The molecule has 168 valence electrons. The predicted molar refractivity (Wildman–Crippen MR) is 119 cm³/mol. The molecule has 0 fully saturated rings. The molecule has 0 radical (unpaired) electrons.